The Balaban J connectivity index is 2.37. The third-order valence-electron chi connectivity index (χ3n) is 1.48. The van der Waals surface area contributed by atoms with Crippen LogP contribution in [0.1, 0.15) is 0 Å². The topological polar surface area (TPSA) is 25.4 Å². The Morgan fingerprint density at radius 1 is 1.46 bits per heavy atom. The number of pyridine rings is 1. The molecule has 0 radical (unpaired) electrons. The Hall–Kier alpha value is -0.800. The van der Waals surface area contributed by atoms with Gasteiger partial charge in [-0.05, 0) is 20.2 Å². The minimum absolute atomic E-state index is 0.461. The molecule has 0 saturated carbocycles. The number of aromatic nitrogens is 1. The number of halogens is 1. The molecule has 0 atom stereocenters. The van der Waals surface area contributed by atoms with Crippen molar-refractivity contribution in [2.75, 3.05) is 27.2 Å². The van der Waals surface area contributed by atoms with E-state index in [0.717, 1.165) is 6.54 Å². The van der Waals surface area contributed by atoms with Crippen LogP contribution < -0.4 is 4.74 Å². The molecule has 0 N–H and O–H groups in total. The molecule has 0 aromatic carbocycles. The summed E-state index contributed by atoms with van der Waals surface area (Å²) < 4.78 is 5.36. The molecule has 72 valence electrons. The lowest BCUT2D eigenvalue weighted by molar-refractivity contribution is 0.254. The van der Waals surface area contributed by atoms with Gasteiger partial charge < -0.3 is 9.64 Å². The summed E-state index contributed by atoms with van der Waals surface area (Å²) in [6.45, 7) is 1.49. The lowest BCUT2D eigenvalue weighted by atomic mass is 10.5. The lowest BCUT2D eigenvalue weighted by Gasteiger charge is -2.09. The lowest BCUT2D eigenvalue weighted by Crippen LogP contribution is -2.19. The highest BCUT2D eigenvalue weighted by atomic mass is 35.5. The highest BCUT2D eigenvalue weighted by molar-refractivity contribution is 6.29. The molecule has 1 heterocycles. The zero-order chi connectivity index (χ0) is 9.68. The van der Waals surface area contributed by atoms with E-state index in [4.69, 9.17) is 16.3 Å². The van der Waals surface area contributed by atoms with Crippen LogP contribution in [-0.2, 0) is 0 Å². The van der Waals surface area contributed by atoms with Crippen LogP contribution in [0.2, 0.25) is 5.15 Å². The van der Waals surface area contributed by atoms with Gasteiger partial charge in [-0.15, -0.1) is 0 Å². The second kappa shape index (κ2) is 5.04. The van der Waals surface area contributed by atoms with Crippen LogP contribution in [0.5, 0.6) is 5.88 Å². The molecule has 0 aliphatic heterocycles. The number of rotatable bonds is 4. The van der Waals surface area contributed by atoms with E-state index in [0.29, 0.717) is 17.6 Å². The van der Waals surface area contributed by atoms with E-state index in [1.165, 1.54) is 0 Å². The van der Waals surface area contributed by atoms with Gasteiger partial charge >= 0.3 is 0 Å². The predicted molar refractivity (Wildman–Crippen MR) is 53.3 cm³/mol. The van der Waals surface area contributed by atoms with Crippen molar-refractivity contribution in [3.63, 3.8) is 0 Å². The van der Waals surface area contributed by atoms with Crippen molar-refractivity contribution in [1.29, 1.82) is 0 Å². The second-order valence-corrected chi connectivity index (χ2v) is 3.34. The van der Waals surface area contributed by atoms with Gasteiger partial charge in [-0.1, -0.05) is 17.7 Å². The third-order valence-corrected chi connectivity index (χ3v) is 1.69. The van der Waals surface area contributed by atoms with Gasteiger partial charge in [-0.3, -0.25) is 0 Å². The van der Waals surface area contributed by atoms with E-state index in [1.807, 2.05) is 25.1 Å². The van der Waals surface area contributed by atoms with E-state index in [9.17, 15) is 0 Å². The monoisotopic (exact) mass is 200 g/mol. The minimum atomic E-state index is 0.461. The van der Waals surface area contributed by atoms with Crippen molar-refractivity contribution in [1.82, 2.24) is 9.88 Å². The Morgan fingerprint density at radius 2 is 2.23 bits per heavy atom. The molecule has 0 aliphatic carbocycles. The number of likely N-dealkylation sites (N-methyl/N-ethyl adjacent to an activating group) is 1. The van der Waals surface area contributed by atoms with Crippen molar-refractivity contribution in [2.45, 2.75) is 0 Å². The summed E-state index contributed by atoms with van der Waals surface area (Å²) in [5.74, 6) is 0.578. The fourth-order valence-corrected chi connectivity index (χ4v) is 0.959. The molecular formula is C9H13ClN2O. The Labute approximate surface area is 83.3 Å². The van der Waals surface area contributed by atoms with Crippen molar-refractivity contribution in [3.8, 4) is 5.88 Å². The van der Waals surface area contributed by atoms with Crippen molar-refractivity contribution >= 4 is 11.6 Å². The largest absolute Gasteiger partial charge is 0.476 e. The number of hydrogen-bond donors (Lipinski definition) is 0. The number of nitrogens with zero attached hydrogens (tertiary/aromatic N) is 2. The molecule has 1 rings (SSSR count). The summed E-state index contributed by atoms with van der Waals surface area (Å²) in [5.41, 5.74) is 0. The summed E-state index contributed by atoms with van der Waals surface area (Å²) in [5, 5.41) is 0.461. The molecule has 0 saturated heterocycles. The van der Waals surface area contributed by atoms with Crippen molar-refractivity contribution < 1.29 is 4.74 Å². The first-order valence-electron chi connectivity index (χ1n) is 4.08. The van der Waals surface area contributed by atoms with Gasteiger partial charge in [0.05, 0.1) is 0 Å². The van der Waals surface area contributed by atoms with Gasteiger partial charge in [0.1, 0.15) is 11.8 Å². The molecular weight excluding hydrogens is 188 g/mol. The first kappa shape index (κ1) is 10.3. The minimum Gasteiger partial charge on any atom is -0.476 e. The molecule has 0 unspecified atom stereocenters. The molecule has 0 aliphatic rings. The molecule has 0 bridgehead atoms. The summed E-state index contributed by atoms with van der Waals surface area (Å²) in [4.78, 5) is 6.04. The zero-order valence-electron chi connectivity index (χ0n) is 7.83. The highest BCUT2D eigenvalue weighted by Gasteiger charge is 1.96. The highest BCUT2D eigenvalue weighted by Crippen LogP contribution is 2.10. The molecule has 0 amide bonds. The van der Waals surface area contributed by atoms with Crippen LogP contribution in [0.15, 0.2) is 18.2 Å². The Kier molecular flexibility index (Phi) is 3.99. The summed E-state index contributed by atoms with van der Waals surface area (Å²) in [6.07, 6.45) is 0. The SMILES string of the molecule is CN(C)CCOc1cccc(Cl)n1. The molecule has 4 heteroatoms. The molecule has 1 aromatic heterocycles. The maximum absolute atomic E-state index is 5.68. The van der Waals surface area contributed by atoms with Crippen molar-refractivity contribution in [3.05, 3.63) is 23.4 Å². The molecule has 3 nitrogen and oxygen atoms in total. The van der Waals surface area contributed by atoms with E-state index in [2.05, 4.69) is 4.98 Å². The van der Waals surface area contributed by atoms with E-state index in [-0.39, 0.29) is 0 Å². The number of hydrogen-bond acceptors (Lipinski definition) is 3. The normalized spacial score (nSPS) is 10.5. The summed E-state index contributed by atoms with van der Waals surface area (Å²) in [6, 6.07) is 5.34. The van der Waals surface area contributed by atoms with Gasteiger partial charge in [0.15, 0.2) is 0 Å². The fraction of sp³-hybridized carbons (Fsp3) is 0.444. The van der Waals surface area contributed by atoms with Gasteiger partial charge in [-0.2, -0.15) is 0 Å². The van der Waals surface area contributed by atoms with Crippen LogP contribution in [-0.4, -0.2) is 37.1 Å². The predicted octanol–water partition coefficient (Wildman–Crippen LogP) is 1.68. The zero-order valence-corrected chi connectivity index (χ0v) is 8.58. The molecule has 0 fully saturated rings. The van der Waals surface area contributed by atoms with Gasteiger partial charge in [0, 0.05) is 12.6 Å². The van der Waals surface area contributed by atoms with Crippen LogP contribution in [0.25, 0.3) is 0 Å². The van der Waals surface area contributed by atoms with Gasteiger partial charge in [0.25, 0.3) is 0 Å². The maximum atomic E-state index is 5.68. The van der Waals surface area contributed by atoms with E-state index in [1.54, 1.807) is 12.1 Å². The quantitative estimate of drug-likeness (QED) is 0.692. The Morgan fingerprint density at radius 3 is 2.85 bits per heavy atom. The first-order valence-corrected chi connectivity index (χ1v) is 4.46. The van der Waals surface area contributed by atoms with Crippen molar-refractivity contribution in [2.24, 2.45) is 0 Å². The van der Waals surface area contributed by atoms with Crippen LogP contribution in [0.4, 0.5) is 0 Å². The maximum Gasteiger partial charge on any atom is 0.214 e. The van der Waals surface area contributed by atoms with E-state index < -0.39 is 0 Å². The molecule has 0 spiro atoms. The molecule has 13 heavy (non-hydrogen) atoms. The average Bonchev–Trinajstić information content (AvgIpc) is 2.03. The first-order chi connectivity index (χ1) is 6.18. The number of ether oxygens (including phenoxy) is 1. The second-order valence-electron chi connectivity index (χ2n) is 2.95. The van der Waals surface area contributed by atoms with Crippen LogP contribution in [0.3, 0.4) is 0 Å². The Bertz CT molecular complexity index is 266. The van der Waals surface area contributed by atoms with Gasteiger partial charge in [0.2, 0.25) is 5.88 Å². The summed E-state index contributed by atoms with van der Waals surface area (Å²) >= 11 is 5.68. The van der Waals surface area contributed by atoms with Gasteiger partial charge in [-0.25, -0.2) is 4.98 Å². The van der Waals surface area contributed by atoms with E-state index >= 15 is 0 Å². The van der Waals surface area contributed by atoms with Crippen LogP contribution >= 0.6 is 11.6 Å². The third kappa shape index (κ3) is 4.10. The molecule has 1 aromatic rings. The standard InChI is InChI=1S/C9H13ClN2O/c1-12(2)6-7-13-9-5-3-4-8(10)11-9/h3-5H,6-7H2,1-2H3. The smallest absolute Gasteiger partial charge is 0.214 e. The van der Waals surface area contributed by atoms with Crippen LogP contribution in [0, 0.1) is 0 Å². The fourth-order valence-electron chi connectivity index (χ4n) is 0.803. The summed E-state index contributed by atoms with van der Waals surface area (Å²) in [7, 11) is 3.99. The average molecular weight is 201 g/mol.